The number of anilines is 1. The van der Waals surface area contributed by atoms with Gasteiger partial charge in [0.2, 0.25) is 5.91 Å². The summed E-state index contributed by atoms with van der Waals surface area (Å²) in [5.74, 6) is -0.523. The van der Waals surface area contributed by atoms with Crippen molar-refractivity contribution in [2.45, 2.75) is 6.42 Å². The van der Waals surface area contributed by atoms with Crippen molar-refractivity contribution in [3.8, 4) is 0 Å². The number of nitrogens with zero attached hydrogens (tertiary/aromatic N) is 2. The third kappa shape index (κ3) is 1.88. The van der Waals surface area contributed by atoms with Gasteiger partial charge in [-0.15, -0.1) is 0 Å². The maximum atomic E-state index is 11.6. The Labute approximate surface area is 96.5 Å². The highest BCUT2D eigenvalue weighted by atomic mass is 35.5. The van der Waals surface area contributed by atoms with Gasteiger partial charge in [0.05, 0.1) is 13.0 Å². The molecule has 16 heavy (non-hydrogen) atoms. The molecule has 1 atom stereocenters. The summed E-state index contributed by atoms with van der Waals surface area (Å²) >= 11 is 5.67. The van der Waals surface area contributed by atoms with Crippen molar-refractivity contribution >= 4 is 29.3 Å². The van der Waals surface area contributed by atoms with E-state index < -0.39 is 5.92 Å². The van der Waals surface area contributed by atoms with Gasteiger partial charge in [0.15, 0.2) is 5.82 Å². The lowest BCUT2D eigenvalue weighted by molar-refractivity contribution is -0.145. The van der Waals surface area contributed by atoms with Gasteiger partial charge in [-0.05, 0) is 0 Å². The highest BCUT2D eigenvalue weighted by Gasteiger charge is 2.36. The van der Waals surface area contributed by atoms with Crippen LogP contribution < -0.4 is 4.90 Å². The molecule has 1 unspecified atom stereocenters. The van der Waals surface area contributed by atoms with Crippen molar-refractivity contribution in [2.24, 2.45) is 5.92 Å². The highest BCUT2D eigenvalue weighted by molar-refractivity contribution is 6.29. The summed E-state index contributed by atoms with van der Waals surface area (Å²) in [4.78, 5) is 24.3. The molecule has 1 aromatic heterocycles. The Hall–Kier alpha value is -1.56. The number of esters is 1. The summed E-state index contributed by atoms with van der Waals surface area (Å²) in [6.45, 7) is 0.284. The monoisotopic (exact) mass is 243 g/mol. The number of rotatable bonds is 2. The molecule has 1 N–H and O–H groups in total. The first-order chi connectivity index (χ1) is 7.61. The van der Waals surface area contributed by atoms with E-state index in [-0.39, 0.29) is 24.8 Å². The smallest absolute Gasteiger partial charge is 0.311 e. The van der Waals surface area contributed by atoms with Crippen LogP contribution >= 0.6 is 11.6 Å². The van der Waals surface area contributed by atoms with Gasteiger partial charge in [-0.3, -0.25) is 19.6 Å². The third-order valence-corrected chi connectivity index (χ3v) is 2.66. The average Bonchev–Trinajstić information content (AvgIpc) is 2.83. The Morgan fingerprint density at radius 1 is 1.75 bits per heavy atom. The van der Waals surface area contributed by atoms with Gasteiger partial charge in [0.25, 0.3) is 0 Å². The molecule has 2 heterocycles. The van der Waals surface area contributed by atoms with Crippen molar-refractivity contribution in [2.75, 3.05) is 18.6 Å². The molecule has 0 spiro atoms. The van der Waals surface area contributed by atoms with Crippen LogP contribution in [0, 0.1) is 5.92 Å². The number of nitrogens with one attached hydrogen (secondary N) is 1. The van der Waals surface area contributed by atoms with E-state index in [1.54, 1.807) is 6.07 Å². The Morgan fingerprint density at radius 3 is 3.06 bits per heavy atom. The number of hydrogen-bond acceptors (Lipinski definition) is 4. The lowest BCUT2D eigenvalue weighted by atomic mass is 10.1. The summed E-state index contributed by atoms with van der Waals surface area (Å²) in [7, 11) is 1.31. The summed E-state index contributed by atoms with van der Waals surface area (Å²) in [5.41, 5.74) is 0. The molecule has 6 nitrogen and oxygen atoms in total. The molecular formula is C9H10ClN3O3. The number of halogens is 1. The van der Waals surface area contributed by atoms with Crippen LogP contribution in [0.2, 0.25) is 5.15 Å². The number of H-pyrrole nitrogens is 1. The molecule has 1 fully saturated rings. The Balaban J connectivity index is 2.14. The van der Waals surface area contributed by atoms with Crippen LogP contribution in [0.1, 0.15) is 6.42 Å². The molecule has 0 saturated carbocycles. The van der Waals surface area contributed by atoms with E-state index in [2.05, 4.69) is 14.9 Å². The zero-order valence-corrected chi connectivity index (χ0v) is 9.32. The fraction of sp³-hybridized carbons (Fsp3) is 0.444. The molecule has 1 amide bonds. The van der Waals surface area contributed by atoms with Gasteiger partial charge in [-0.2, -0.15) is 5.10 Å². The fourth-order valence-corrected chi connectivity index (χ4v) is 1.82. The van der Waals surface area contributed by atoms with Gasteiger partial charge < -0.3 is 4.74 Å². The predicted octanol–water partition coefficient (Wildman–Crippen LogP) is 0.589. The van der Waals surface area contributed by atoms with Crippen molar-refractivity contribution in [1.82, 2.24) is 10.2 Å². The van der Waals surface area contributed by atoms with Crippen LogP contribution in [-0.4, -0.2) is 35.7 Å². The number of carbonyl (C=O) groups excluding carboxylic acids is 2. The molecule has 1 aliphatic heterocycles. The standard InChI is InChI=1S/C9H10ClN3O3/c1-16-9(15)5-2-8(14)13(4-5)7-3-6(10)11-12-7/h3,5H,2,4H2,1H3,(H,11,12). The normalized spacial score (nSPS) is 20.2. The van der Waals surface area contributed by atoms with Crippen molar-refractivity contribution < 1.29 is 14.3 Å². The number of hydrogen-bond donors (Lipinski definition) is 1. The minimum absolute atomic E-state index is 0.150. The molecule has 86 valence electrons. The fourth-order valence-electron chi connectivity index (χ4n) is 1.68. The maximum absolute atomic E-state index is 11.6. The lowest BCUT2D eigenvalue weighted by Crippen LogP contribution is -2.26. The zero-order valence-electron chi connectivity index (χ0n) is 8.57. The third-order valence-electron chi connectivity index (χ3n) is 2.47. The quantitative estimate of drug-likeness (QED) is 0.772. The molecule has 7 heteroatoms. The zero-order chi connectivity index (χ0) is 11.7. The SMILES string of the molecule is COC(=O)C1CC(=O)N(c2cc(Cl)[nH]n2)C1. The Kier molecular flexibility index (Phi) is 2.82. The first-order valence-electron chi connectivity index (χ1n) is 4.71. The van der Waals surface area contributed by atoms with Crippen molar-refractivity contribution in [3.63, 3.8) is 0 Å². The molecule has 0 bridgehead atoms. The maximum Gasteiger partial charge on any atom is 0.311 e. The van der Waals surface area contributed by atoms with E-state index in [4.69, 9.17) is 11.6 Å². The van der Waals surface area contributed by atoms with Gasteiger partial charge >= 0.3 is 5.97 Å². The van der Waals surface area contributed by atoms with Crippen LogP contribution in [0.5, 0.6) is 0 Å². The first-order valence-corrected chi connectivity index (χ1v) is 5.08. The molecule has 1 aromatic rings. The summed E-state index contributed by atoms with van der Waals surface area (Å²) < 4.78 is 4.60. The minimum Gasteiger partial charge on any atom is -0.469 e. The van der Waals surface area contributed by atoms with Crippen LogP contribution in [-0.2, 0) is 14.3 Å². The van der Waals surface area contributed by atoms with E-state index >= 15 is 0 Å². The van der Waals surface area contributed by atoms with Crippen LogP contribution in [0.3, 0.4) is 0 Å². The Morgan fingerprint density at radius 2 is 2.50 bits per heavy atom. The van der Waals surface area contributed by atoms with E-state index in [0.29, 0.717) is 11.0 Å². The van der Waals surface area contributed by atoms with Crippen molar-refractivity contribution in [3.05, 3.63) is 11.2 Å². The van der Waals surface area contributed by atoms with Crippen LogP contribution in [0.4, 0.5) is 5.82 Å². The average molecular weight is 244 g/mol. The molecule has 0 aromatic carbocycles. The number of methoxy groups -OCH3 is 1. The van der Waals surface area contributed by atoms with Crippen molar-refractivity contribution in [1.29, 1.82) is 0 Å². The molecular weight excluding hydrogens is 234 g/mol. The lowest BCUT2D eigenvalue weighted by Gasteiger charge is -2.11. The van der Waals surface area contributed by atoms with E-state index in [0.717, 1.165) is 0 Å². The second kappa shape index (κ2) is 4.13. The minimum atomic E-state index is -0.423. The molecule has 0 radical (unpaired) electrons. The molecule has 0 aliphatic carbocycles. The van der Waals surface area contributed by atoms with Gasteiger partial charge in [-0.1, -0.05) is 11.6 Å². The van der Waals surface area contributed by atoms with Gasteiger partial charge in [0.1, 0.15) is 5.15 Å². The first kappa shape index (κ1) is 10.9. The number of amides is 1. The number of aromatic nitrogens is 2. The summed E-state index contributed by atoms with van der Waals surface area (Å²) in [5, 5.41) is 6.74. The number of ether oxygens (including phenoxy) is 1. The molecule has 1 aliphatic rings. The topological polar surface area (TPSA) is 75.3 Å². The number of carbonyl (C=O) groups is 2. The Bertz CT molecular complexity index is 431. The second-order valence-corrected chi connectivity index (χ2v) is 3.91. The van der Waals surface area contributed by atoms with Crippen LogP contribution in [0.15, 0.2) is 6.07 Å². The van der Waals surface area contributed by atoms with E-state index in [9.17, 15) is 9.59 Å². The predicted molar refractivity (Wildman–Crippen MR) is 56.1 cm³/mol. The largest absolute Gasteiger partial charge is 0.469 e. The summed E-state index contributed by atoms with van der Waals surface area (Å²) in [6, 6.07) is 1.54. The van der Waals surface area contributed by atoms with Gasteiger partial charge in [-0.25, -0.2) is 0 Å². The highest BCUT2D eigenvalue weighted by Crippen LogP contribution is 2.25. The van der Waals surface area contributed by atoms with E-state index in [1.807, 2.05) is 0 Å². The van der Waals surface area contributed by atoms with Gasteiger partial charge in [0, 0.05) is 19.0 Å². The molecule has 2 rings (SSSR count). The second-order valence-electron chi connectivity index (χ2n) is 3.50. The summed E-state index contributed by atoms with van der Waals surface area (Å²) in [6.07, 6.45) is 0.150. The van der Waals surface area contributed by atoms with E-state index in [1.165, 1.54) is 12.0 Å². The van der Waals surface area contributed by atoms with Crippen LogP contribution in [0.25, 0.3) is 0 Å². The molecule has 1 saturated heterocycles. The number of aromatic amines is 1.